The van der Waals surface area contributed by atoms with E-state index in [1.54, 1.807) is 0 Å². The molecular formula is C67H116O6. The van der Waals surface area contributed by atoms with Gasteiger partial charge in [-0.3, -0.25) is 14.4 Å². The Hall–Kier alpha value is -3.41. The fraction of sp³-hybridized carbons (Fsp3) is 0.746. The number of unbranched alkanes of at least 4 members (excludes halogenated alkanes) is 31. The van der Waals surface area contributed by atoms with Gasteiger partial charge in [0.25, 0.3) is 0 Å². The molecule has 0 rings (SSSR count). The Morgan fingerprint density at radius 2 is 0.507 bits per heavy atom. The maximum absolute atomic E-state index is 12.9. The molecule has 0 aliphatic carbocycles. The highest BCUT2D eigenvalue weighted by molar-refractivity contribution is 5.71. The van der Waals surface area contributed by atoms with Gasteiger partial charge in [0, 0.05) is 19.3 Å². The standard InChI is InChI=1S/C67H116O6/c1-4-7-10-13-16-19-22-25-28-31-32-33-34-37-40-43-46-49-52-55-58-61-67(70)73-64(62-71-65(68)59-56-53-50-47-44-41-38-35-29-26-23-20-17-14-11-8-5-2)63-72-66(69)60-57-54-51-48-45-42-39-36-30-27-24-21-18-15-12-9-6-3/h17,20,26-27,29-30,38-39,41-42,47-48,50-51,64H,4-16,18-19,21-25,28,31-37,40,43-46,49,52-63H2,1-3H3/b20-17-,29-26-,30-27-,41-38-,42-39-,50-47-,51-48-/t64-/m1/s1. The van der Waals surface area contributed by atoms with Crippen molar-refractivity contribution >= 4 is 17.9 Å². The molecule has 0 aromatic rings. The van der Waals surface area contributed by atoms with Crippen molar-refractivity contribution in [3.63, 3.8) is 0 Å². The van der Waals surface area contributed by atoms with Crippen molar-refractivity contribution in [3.8, 4) is 0 Å². The second kappa shape index (κ2) is 61.1. The monoisotopic (exact) mass is 1020 g/mol. The predicted molar refractivity (Wildman–Crippen MR) is 316 cm³/mol. The molecule has 0 unspecified atom stereocenters. The molecule has 0 saturated carbocycles. The van der Waals surface area contributed by atoms with Crippen LogP contribution in [0, 0.1) is 0 Å². The summed E-state index contributed by atoms with van der Waals surface area (Å²) in [4.78, 5) is 38.2. The van der Waals surface area contributed by atoms with E-state index in [-0.39, 0.29) is 44.0 Å². The number of hydrogen-bond acceptors (Lipinski definition) is 6. The molecule has 6 heteroatoms. The third kappa shape index (κ3) is 59.3. The lowest BCUT2D eigenvalue weighted by Crippen LogP contribution is -2.30. The Labute approximate surface area is 452 Å². The fourth-order valence-electron chi connectivity index (χ4n) is 8.69. The Balaban J connectivity index is 4.48. The Bertz CT molecular complexity index is 1400. The third-order valence-electron chi connectivity index (χ3n) is 13.4. The number of carbonyl (C=O) groups is 3. The van der Waals surface area contributed by atoms with Crippen molar-refractivity contribution in [2.24, 2.45) is 0 Å². The van der Waals surface area contributed by atoms with Gasteiger partial charge in [-0.15, -0.1) is 0 Å². The van der Waals surface area contributed by atoms with E-state index < -0.39 is 6.10 Å². The van der Waals surface area contributed by atoms with Crippen LogP contribution < -0.4 is 0 Å². The summed E-state index contributed by atoms with van der Waals surface area (Å²) in [6.45, 7) is 6.55. The molecule has 0 heterocycles. The first-order chi connectivity index (χ1) is 36.0. The van der Waals surface area contributed by atoms with Crippen molar-refractivity contribution in [1.29, 1.82) is 0 Å². The smallest absolute Gasteiger partial charge is 0.306 e. The van der Waals surface area contributed by atoms with Crippen LogP contribution in [0.5, 0.6) is 0 Å². The fourth-order valence-corrected chi connectivity index (χ4v) is 8.69. The summed E-state index contributed by atoms with van der Waals surface area (Å²) in [6.07, 6.45) is 80.3. The topological polar surface area (TPSA) is 78.9 Å². The molecule has 0 N–H and O–H groups in total. The van der Waals surface area contributed by atoms with Crippen molar-refractivity contribution < 1.29 is 28.6 Å². The highest BCUT2D eigenvalue weighted by Crippen LogP contribution is 2.16. The SMILES string of the molecule is CCCCC/C=C\C/C=C\C/C=C\C/C=C\CCCC(=O)OC[C@H](COC(=O)CCC/C=C\C/C=C\C/C=C\CCCCCCCC)OC(=O)CCCCCCCCCCCCCCCCCCCCCCC. The summed E-state index contributed by atoms with van der Waals surface area (Å²) in [6, 6.07) is 0. The van der Waals surface area contributed by atoms with Crippen molar-refractivity contribution in [2.75, 3.05) is 13.2 Å². The largest absolute Gasteiger partial charge is 0.462 e. The molecule has 0 bridgehead atoms. The van der Waals surface area contributed by atoms with Crippen LogP contribution in [0.3, 0.4) is 0 Å². The molecule has 420 valence electrons. The van der Waals surface area contributed by atoms with Gasteiger partial charge in [-0.2, -0.15) is 0 Å². The van der Waals surface area contributed by atoms with Crippen LogP contribution in [0.15, 0.2) is 85.1 Å². The first-order valence-corrected chi connectivity index (χ1v) is 31.1. The third-order valence-corrected chi connectivity index (χ3v) is 13.4. The molecule has 0 aliphatic heterocycles. The molecule has 0 saturated heterocycles. The maximum Gasteiger partial charge on any atom is 0.306 e. The zero-order valence-electron chi connectivity index (χ0n) is 48.1. The van der Waals surface area contributed by atoms with Gasteiger partial charge < -0.3 is 14.2 Å². The van der Waals surface area contributed by atoms with Crippen LogP contribution in [0.4, 0.5) is 0 Å². The average Bonchev–Trinajstić information content (AvgIpc) is 3.39. The maximum atomic E-state index is 12.9. The van der Waals surface area contributed by atoms with E-state index >= 15 is 0 Å². The minimum absolute atomic E-state index is 0.118. The van der Waals surface area contributed by atoms with Gasteiger partial charge in [-0.05, 0) is 89.9 Å². The molecule has 0 aliphatic rings. The first-order valence-electron chi connectivity index (χ1n) is 31.1. The Kier molecular flexibility index (Phi) is 58.3. The van der Waals surface area contributed by atoms with Crippen LogP contribution in [0.25, 0.3) is 0 Å². The molecule has 6 nitrogen and oxygen atoms in total. The molecule has 1 atom stereocenters. The van der Waals surface area contributed by atoms with Gasteiger partial charge >= 0.3 is 17.9 Å². The van der Waals surface area contributed by atoms with E-state index in [2.05, 4.69) is 106 Å². The lowest BCUT2D eigenvalue weighted by Gasteiger charge is -2.18. The zero-order chi connectivity index (χ0) is 52.9. The number of hydrogen-bond donors (Lipinski definition) is 0. The van der Waals surface area contributed by atoms with Gasteiger partial charge in [0.1, 0.15) is 13.2 Å². The van der Waals surface area contributed by atoms with Crippen LogP contribution in [-0.4, -0.2) is 37.2 Å². The minimum Gasteiger partial charge on any atom is -0.462 e. The van der Waals surface area contributed by atoms with Gasteiger partial charge in [-0.1, -0.05) is 279 Å². The highest BCUT2D eigenvalue weighted by Gasteiger charge is 2.19. The van der Waals surface area contributed by atoms with Crippen molar-refractivity contribution in [2.45, 2.75) is 309 Å². The number of esters is 3. The van der Waals surface area contributed by atoms with Gasteiger partial charge in [0.05, 0.1) is 0 Å². The van der Waals surface area contributed by atoms with E-state index in [0.29, 0.717) is 19.3 Å². The van der Waals surface area contributed by atoms with E-state index in [4.69, 9.17) is 14.2 Å². The minimum atomic E-state index is -0.819. The molecule has 0 radical (unpaired) electrons. The van der Waals surface area contributed by atoms with E-state index in [0.717, 1.165) is 64.2 Å². The van der Waals surface area contributed by atoms with Crippen molar-refractivity contribution in [3.05, 3.63) is 85.1 Å². The summed E-state index contributed by atoms with van der Waals surface area (Å²) >= 11 is 0. The molecule has 0 aromatic heterocycles. The molecule has 0 aromatic carbocycles. The first kappa shape index (κ1) is 69.6. The quantitative estimate of drug-likeness (QED) is 0.0261. The highest BCUT2D eigenvalue weighted by atomic mass is 16.6. The van der Waals surface area contributed by atoms with Gasteiger partial charge in [0.15, 0.2) is 6.10 Å². The van der Waals surface area contributed by atoms with Gasteiger partial charge in [0.2, 0.25) is 0 Å². The van der Waals surface area contributed by atoms with Crippen LogP contribution in [0.2, 0.25) is 0 Å². The predicted octanol–water partition coefficient (Wildman–Crippen LogP) is 21.1. The lowest BCUT2D eigenvalue weighted by molar-refractivity contribution is -0.167. The zero-order valence-corrected chi connectivity index (χ0v) is 48.1. The molecular weight excluding hydrogens is 901 g/mol. The summed E-state index contributed by atoms with van der Waals surface area (Å²) in [5.41, 5.74) is 0. The Morgan fingerprint density at radius 3 is 0.836 bits per heavy atom. The van der Waals surface area contributed by atoms with Crippen LogP contribution >= 0.6 is 0 Å². The van der Waals surface area contributed by atoms with Gasteiger partial charge in [-0.25, -0.2) is 0 Å². The second-order valence-electron chi connectivity index (χ2n) is 20.6. The summed E-state index contributed by atoms with van der Waals surface area (Å²) < 4.78 is 16.8. The summed E-state index contributed by atoms with van der Waals surface area (Å²) in [5, 5.41) is 0. The van der Waals surface area contributed by atoms with E-state index in [1.807, 2.05) is 0 Å². The van der Waals surface area contributed by atoms with Crippen molar-refractivity contribution in [1.82, 2.24) is 0 Å². The lowest BCUT2D eigenvalue weighted by atomic mass is 10.0. The number of carbonyl (C=O) groups excluding carboxylic acids is 3. The number of ether oxygens (including phenoxy) is 3. The molecule has 73 heavy (non-hydrogen) atoms. The average molecular weight is 1020 g/mol. The van der Waals surface area contributed by atoms with Crippen LogP contribution in [0.1, 0.15) is 303 Å². The molecule has 0 spiro atoms. The number of allylic oxidation sites excluding steroid dienone is 14. The molecule has 0 amide bonds. The van der Waals surface area contributed by atoms with E-state index in [1.165, 1.54) is 186 Å². The summed E-state index contributed by atoms with van der Waals surface area (Å²) in [5.74, 6) is -1.01. The van der Waals surface area contributed by atoms with E-state index in [9.17, 15) is 14.4 Å². The normalized spacial score (nSPS) is 12.6. The molecule has 0 fully saturated rings. The number of rotatable bonds is 56. The second-order valence-corrected chi connectivity index (χ2v) is 20.6. The van der Waals surface area contributed by atoms with Crippen LogP contribution in [-0.2, 0) is 28.6 Å². The Morgan fingerprint density at radius 1 is 0.274 bits per heavy atom. The summed E-state index contributed by atoms with van der Waals surface area (Å²) in [7, 11) is 0.